The minimum atomic E-state index is -0.511. The summed E-state index contributed by atoms with van der Waals surface area (Å²) in [4.78, 5) is 14.9. The lowest BCUT2D eigenvalue weighted by Crippen LogP contribution is -2.12. The van der Waals surface area contributed by atoms with Crippen molar-refractivity contribution in [2.75, 3.05) is 0 Å². The zero-order valence-electron chi connectivity index (χ0n) is 9.31. The number of hydrogen-bond acceptors (Lipinski definition) is 3. The number of oxazole rings is 1. The van der Waals surface area contributed by atoms with Crippen LogP contribution in [0.3, 0.4) is 0 Å². The van der Waals surface area contributed by atoms with Crippen molar-refractivity contribution in [3.63, 3.8) is 0 Å². The summed E-state index contributed by atoms with van der Waals surface area (Å²) in [5, 5.41) is 0. The molecule has 2 N–H and O–H groups in total. The van der Waals surface area contributed by atoms with Gasteiger partial charge in [0.05, 0.1) is 11.8 Å². The van der Waals surface area contributed by atoms with Gasteiger partial charge in [0.25, 0.3) is 0 Å². The summed E-state index contributed by atoms with van der Waals surface area (Å²) in [6, 6.07) is 6.84. The Hall–Kier alpha value is -2.98. The molecule has 2 rings (SSSR count). The molecule has 0 bridgehead atoms. The van der Waals surface area contributed by atoms with E-state index < -0.39 is 5.91 Å². The van der Waals surface area contributed by atoms with Gasteiger partial charge in [0.2, 0.25) is 5.91 Å². The molecule has 0 aliphatic rings. The van der Waals surface area contributed by atoms with Gasteiger partial charge in [0.15, 0.2) is 12.2 Å². The number of hydrogen-bond donors (Lipinski definition) is 1. The van der Waals surface area contributed by atoms with Crippen molar-refractivity contribution in [1.82, 2.24) is 4.98 Å². The zero-order valence-corrected chi connectivity index (χ0v) is 9.31. The van der Waals surface area contributed by atoms with Crippen molar-refractivity contribution in [2.45, 2.75) is 0 Å². The number of primary amides is 1. The fraction of sp³-hybridized carbons (Fsp3) is 0. The van der Waals surface area contributed by atoms with E-state index in [1.165, 1.54) is 12.6 Å². The van der Waals surface area contributed by atoms with Crippen molar-refractivity contribution in [3.05, 3.63) is 53.7 Å². The molecule has 0 saturated carbocycles. The molecule has 0 aliphatic carbocycles. The van der Waals surface area contributed by atoms with Gasteiger partial charge in [-0.1, -0.05) is 18.1 Å². The predicted octanol–water partition coefficient (Wildman–Crippen LogP) is 1.18. The van der Waals surface area contributed by atoms with E-state index in [1.807, 2.05) is 0 Å². The zero-order chi connectivity index (χ0) is 12.8. The van der Waals surface area contributed by atoms with Gasteiger partial charge in [-0.3, -0.25) is 4.79 Å². The Balaban J connectivity index is 2.23. The van der Waals surface area contributed by atoms with Crippen LogP contribution in [0.15, 0.2) is 41.3 Å². The van der Waals surface area contributed by atoms with Crippen molar-refractivity contribution in [2.24, 2.45) is 5.73 Å². The first kappa shape index (κ1) is 11.5. The van der Waals surface area contributed by atoms with Gasteiger partial charge in [0, 0.05) is 5.56 Å². The van der Waals surface area contributed by atoms with Crippen LogP contribution in [0, 0.1) is 23.7 Å². The fourth-order valence-electron chi connectivity index (χ4n) is 1.28. The average molecular weight is 236 g/mol. The Morgan fingerprint density at radius 1 is 1.22 bits per heavy atom. The molecule has 1 amide bonds. The van der Waals surface area contributed by atoms with Crippen molar-refractivity contribution < 1.29 is 9.21 Å². The van der Waals surface area contributed by atoms with Gasteiger partial charge in [-0.2, -0.15) is 0 Å². The second-order valence-corrected chi connectivity index (χ2v) is 3.28. The Kier molecular flexibility index (Phi) is 3.44. The first-order valence-corrected chi connectivity index (χ1v) is 5.07. The standard InChI is InChI=1S/C14H8N2O2/c15-14(17)13-8-4-2-6-11(13)5-1-3-7-12-9-16-10-18-12/h2,4,6,8-10H,(H2,15,17). The molecule has 0 aliphatic heterocycles. The highest BCUT2D eigenvalue weighted by atomic mass is 16.3. The lowest BCUT2D eigenvalue weighted by molar-refractivity contribution is 0.1000. The van der Waals surface area contributed by atoms with Crippen molar-refractivity contribution in [3.8, 4) is 23.7 Å². The first-order chi connectivity index (χ1) is 8.77. The number of amides is 1. The second-order valence-electron chi connectivity index (χ2n) is 3.28. The second kappa shape index (κ2) is 5.38. The molecule has 0 atom stereocenters. The van der Waals surface area contributed by atoms with Crippen LogP contribution < -0.4 is 5.73 Å². The molecule has 0 saturated heterocycles. The maximum Gasteiger partial charge on any atom is 0.249 e. The summed E-state index contributed by atoms with van der Waals surface area (Å²) in [5.41, 5.74) is 6.16. The van der Waals surface area contributed by atoms with E-state index in [0.717, 1.165) is 0 Å². The molecule has 4 heteroatoms. The third-order valence-electron chi connectivity index (χ3n) is 2.07. The van der Waals surface area contributed by atoms with Gasteiger partial charge in [0.1, 0.15) is 0 Å². The monoisotopic (exact) mass is 236 g/mol. The summed E-state index contributed by atoms with van der Waals surface area (Å²) in [5.74, 6) is 10.6. The topological polar surface area (TPSA) is 69.1 Å². The number of nitrogens with zero attached hydrogens (tertiary/aromatic N) is 1. The van der Waals surface area contributed by atoms with Crippen LogP contribution in [0.4, 0.5) is 0 Å². The summed E-state index contributed by atoms with van der Waals surface area (Å²) in [6.45, 7) is 0. The van der Waals surface area contributed by atoms with E-state index in [2.05, 4.69) is 28.7 Å². The van der Waals surface area contributed by atoms with E-state index in [1.54, 1.807) is 24.3 Å². The van der Waals surface area contributed by atoms with E-state index in [-0.39, 0.29) is 0 Å². The molecule has 0 fully saturated rings. The highest BCUT2D eigenvalue weighted by Gasteiger charge is 2.03. The SMILES string of the molecule is NC(=O)c1ccccc1C#CC#Cc1cnco1. The molecule has 0 radical (unpaired) electrons. The highest BCUT2D eigenvalue weighted by molar-refractivity contribution is 5.95. The molecule has 1 aromatic carbocycles. The van der Waals surface area contributed by atoms with E-state index in [0.29, 0.717) is 16.9 Å². The van der Waals surface area contributed by atoms with Gasteiger partial charge in [-0.25, -0.2) is 4.98 Å². The van der Waals surface area contributed by atoms with Crippen LogP contribution in [0.2, 0.25) is 0 Å². The smallest absolute Gasteiger partial charge is 0.249 e. The Labute approximate surface area is 104 Å². The van der Waals surface area contributed by atoms with Crippen LogP contribution in [0.25, 0.3) is 0 Å². The van der Waals surface area contributed by atoms with Gasteiger partial charge in [-0.15, -0.1) is 0 Å². The van der Waals surface area contributed by atoms with Crippen LogP contribution in [0.5, 0.6) is 0 Å². The number of rotatable bonds is 1. The molecule has 18 heavy (non-hydrogen) atoms. The highest BCUT2D eigenvalue weighted by Crippen LogP contribution is 2.05. The summed E-state index contributed by atoms with van der Waals surface area (Å²) in [7, 11) is 0. The lowest BCUT2D eigenvalue weighted by atomic mass is 10.1. The molecular formula is C14H8N2O2. The third-order valence-corrected chi connectivity index (χ3v) is 2.07. The summed E-state index contributed by atoms with van der Waals surface area (Å²) < 4.78 is 4.92. The summed E-state index contributed by atoms with van der Waals surface area (Å²) >= 11 is 0. The molecular weight excluding hydrogens is 228 g/mol. The normalized spacial score (nSPS) is 8.67. The largest absolute Gasteiger partial charge is 0.435 e. The number of benzene rings is 1. The third kappa shape index (κ3) is 2.78. The predicted molar refractivity (Wildman–Crippen MR) is 65.2 cm³/mol. The quantitative estimate of drug-likeness (QED) is 0.756. The Bertz CT molecular complexity index is 680. The van der Waals surface area contributed by atoms with Gasteiger partial charge < -0.3 is 10.2 Å². The van der Waals surface area contributed by atoms with Gasteiger partial charge >= 0.3 is 0 Å². The molecule has 1 aromatic heterocycles. The molecule has 86 valence electrons. The maximum atomic E-state index is 11.1. The van der Waals surface area contributed by atoms with Crippen molar-refractivity contribution >= 4 is 5.91 Å². The van der Waals surface area contributed by atoms with Gasteiger partial charge in [-0.05, 0) is 29.9 Å². The van der Waals surface area contributed by atoms with Crippen LogP contribution >= 0.6 is 0 Å². The average Bonchev–Trinajstić information content (AvgIpc) is 2.88. The Morgan fingerprint density at radius 3 is 2.72 bits per heavy atom. The van der Waals surface area contributed by atoms with E-state index >= 15 is 0 Å². The lowest BCUT2D eigenvalue weighted by Gasteiger charge is -1.97. The molecule has 2 aromatic rings. The number of carbonyl (C=O) groups excluding carboxylic acids is 1. The Morgan fingerprint density at radius 2 is 2.00 bits per heavy atom. The molecule has 1 heterocycles. The number of aromatic nitrogens is 1. The number of carbonyl (C=O) groups is 1. The first-order valence-electron chi connectivity index (χ1n) is 5.07. The maximum absolute atomic E-state index is 11.1. The van der Waals surface area contributed by atoms with E-state index in [9.17, 15) is 4.79 Å². The van der Waals surface area contributed by atoms with Crippen molar-refractivity contribution in [1.29, 1.82) is 0 Å². The minimum Gasteiger partial charge on any atom is -0.435 e. The van der Waals surface area contributed by atoms with Crippen LogP contribution in [0.1, 0.15) is 21.7 Å². The molecule has 0 unspecified atom stereocenters. The minimum absolute atomic E-state index is 0.381. The summed E-state index contributed by atoms with van der Waals surface area (Å²) in [6.07, 6.45) is 2.78. The molecule has 4 nitrogen and oxygen atoms in total. The molecule has 0 spiro atoms. The fourth-order valence-corrected chi connectivity index (χ4v) is 1.28. The number of nitrogens with two attached hydrogens (primary N) is 1. The van der Waals surface area contributed by atoms with Crippen LogP contribution in [-0.4, -0.2) is 10.9 Å². The van der Waals surface area contributed by atoms with Crippen LogP contribution in [-0.2, 0) is 0 Å². The van der Waals surface area contributed by atoms with E-state index in [4.69, 9.17) is 10.2 Å².